The van der Waals surface area contributed by atoms with Gasteiger partial charge in [-0.2, -0.15) is 0 Å². The molecular formula is C22H23NO6. The second-order valence-electron chi connectivity index (χ2n) is 7.24. The predicted octanol–water partition coefficient (Wildman–Crippen LogP) is 3.82. The molecule has 1 N–H and O–H groups in total. The second kappa shape index (κ2) is 7.66. The van der Waals surface area contributed by atoms with E-state index >= 15 is 0 Å². The molecule has 1 aliphatic carbocycles. The van der Waals surface area contributed by atoms with Gasteiger partial charge < -0.3 is 23.9 Å². The Labute approximate surface area is 168 Å². The Hall–Kier alpha value is -3.22. The lowest BCUT2D eigenvalue weighted by atomic mass is 9.94. The molecule has 1 amide bonds. The van der Waals surface area contributed by atoms with Crippen molar-refractivity contribution < 1.29 is 28.6 Å². The molecule has 2 heterocycles. The first-order valence-corrected chi connectivity index (χ1v) is 9.62. The zero-order valence-electron chi connectivity index (χ0n) is 16.4. The van der Waals surface area contributed by atoms with Crippen LogP contribution in [0.4, 0.5) is 0 Å². The highest BCUT2D eigenvalue weighted by Gasteiger charge is 2.47. The first-order valence-electron chi connectivity index (χ1n) is 9.62. The third kappa shape index (κ3) is 3.16. The van der Waals surface area contributed by atoms with Crippen LogP contribution in [0.5, 0.6) is 11.5 Å². The van der Waals surface area contributed by atoms with Crippen LogP contribution in [-0.4, -0.2) is 42.0 Å². The van der Waals surface area contributed by atoms with E-state index in [0.717, 1.165) is 25.7 Å². The molecule has 1 fully saturated rings. The van der Waals surface area contributed by atoms with Crippen molar-refractivity contribution in [1.29, 1.82) is 0 Å². The molecular weight excluding hydrogens is 374 g/mol. The fourth-order valence-electron chi connectivity index (χ4n) is 4.30. The van der Waals surface area contributed by atoms with Gasteiger partial charge in [0.2, 0.25) is 5.78 Å². The van der Waals surface area contributed by atoms with Crippen LogP contribution in [0.2, 0.25) is 0 Å². The minimum Gasteiger partial charge on any atom is -0.503 e. The lowest BCUT2D eigenvalue weighted by Crippen LogP contribution is -2.38. The van der Waals surface area contributed by atoms with E-state index in [1.807, 2.05) is 0 Å². The first-order chi connectivity index (χ1) is 14.1. The Bertz CT molecular complexity index is 956. The molecule has 7 heteroatoms. The molecule has 29 heavy (non-hydrogen) atoms. The summed E-state index contributed by atoms with van der Waals surface area (Å²) in [6.07, 6.45) is 5.09. The molecule has 1 aliphatic heterocycles. The summed E-state index contributed by atoms with van der Waals surface area (Å²) in [6, 6.07) is 7.63. The van der Waals surface area contributed by atoms with Crippen LogP contribution in [0.1, 0.15) is 47.8 Å². The number of ketones is 1. The van der Waals surface area contributed by atoms with Crippen LogP contribution in [0.25, 0.3) is 0 Å². The van der Waals surface area contributed by atoms with Crippen molar-refractivity contribution in [2.24, 2.45) is 0 Å². The number of hydrogen-bond acceptors (Lipinski definition) is 6. The van der Waals surface area contributed by atoms with Crippen LogP contribution in [0.3, 0.4) is 0 Å². The summed E-state index contributed by atoms with van der Waals surface area (Å²) < 4.78 is 16.0. The number of methoxy groups -OCH3 is 2. The molecule has 7 nitrogen and oxygen atoms in total. The van der Waals surface area contributed by atoms with Crippen molar-refractivity contribution in [2.45, 2.75) is 37.8 Å². The number of furan rings is 1. The lowest BCUT2D eigenvalue weighted by molar-refractivity contribution is -0.131. The SMILES string of the molecule is COc1ccc(C2C(C(=O)c3ccco3)=C(O)C(=O)N2C2CCCC2)cc1OC. The lowest BCUT2D eigenvalue weighted by Gasteiger charge is -2.32. The Morgan fingerprint density at radius 3 is 2.48 bits per heavy atom. The van der Waals surface area contributed by atoms with Gasteiger partial charge in [-0.05, 0) is 42.7 Å². The third-order valence-electron chi connectivity index (χ3n) is 5.67. The van der Waals surface area contributed by atoms with Crippen LogP contribution < -0.4 is 9.47 Å². The van der Waals surface area contributed by atoms with Gasteiger partial charge in [0.25, 0.3) is 5.91 Å². The number of nitrogens with zero attached hydrogens (tertiary/aromatic N) is 1. The summed E-state index contributed by atoms with van der Waals surface area (Å²) in [5, 5.41) is 10.7. The van der Waals surface area contributed by atoms with Crippen LogP contribution >= 0.6 is 0 Å². The van der Waals surface area contributed by atoms with Gasteiger partial charge in [-0.15, -0.1) is 0 Å². The van der Waals surface area contributed by atoms with Crippen molar-refractivity contribution in [2.75, 3.05) is 14.2 Å². The van der Waals surface area contributed by atoms with Crippen LogP contribution in [0, 0.1) is 0 Å². The first kappa shape index (κ1) is 19.1. The molecule has 1 unspecified atom stereocenters. The molecule has 1 aromatic heterocycles. The Morgan fingerprint density at radius 1 is 1.14 bits per heavy atom. The zero-order chi connectivity index (χ0) is 20.5. The quantitative estimate of drug-likeness (QED) is 0.746. The standard InChI is InChI=1S/C22H23NO6/c1-27-15-10-9-13(12-17(15)28-2)19-18(20(24)16-8-5-11-29-16)21(25)22(26)23(19)14-6-3-4-7-14/h5,8-12,14,19,25H,3-4,6-7H2,1-2H3. The smallest absolute Gasteiger partial charge is 0.290 e. The number of benzene rings is 1. The molecule has 1 atom stereocenters. The normalized spacial score (nSPS) is 19.9. The highest BCUT2D eigenvalue weighted by molar-refractivity contribution is 6.15. The fraction of sp³-hybridized carbons (Fsp3) is 0.364. The predicted molar refractivity (Wildman–Crippen MR) is 104 cm³/mol. The highest BCUT2D eigenvalue weighted by Crippen LogP contribution is 2.44. The van der Waals surface area contributed by atoms with Gasteiger partial charge in [-0.1, -0.05) is 18.9 Å². The molecule has 0 bridgehead atoms. The summed E-state index contributed by atoms with van der Waals surface area (Å²) >= 11 is 0. The Kier molecular flexibility index (Phi) is 5.05. The largest absolute Gasteiger partial charge is 0.503 e. The average Bonchev–Trinajstić information content (AvgIpc) is 3.49. The maximum absolute atomic E-state index is 13.1. The molecule has 2 aliphatic rings. The average molecular weight is 397 g/mol. The number of carbonyl (C=O) groups is 2. The number of aliphatic hydroxyl groups excluding tert-OH is 1. The van der Waals surface area contributed by atoms with E-state index < -0.39 is 23.5 Å². The van der Waals surface area contributed by atoms with Gasteiger partial charge in [0.15, 0.2) is 23.0 Å². The van der Waals surface area contributed by atoms with Gasteiger partial charge in [0.05, 0.1) is 32.1 Å². The maximum Gasteiger partial charge on any atom is 0.290 e. The van der Waals surface area contributed by atoms with Crippen molar-refractivity contribution in [3.63, 3.8) is 0 Å². The van der Waals surface area contributed by atoms with E-state index in [0.29, 0.717) is 17.1 Å². The van der Waals surface area contributed by atoms with E-state index in [1.165, 1.54) is 19.4 Å². The Balaban J connectivity index is 1.84. The number of amides is 1. The Morgan fingerprint density at radius 2 is 1.86 bits per heavy atom. The van der Waals surface area contributed by atoms with E-state index in [9.17, 15) is 14.7 Å². The minimum absolute atomic E-state index is 0.0315. The van der Waals surface area contributed by atoms with E-state index in [2.05, 4.69) is 0 Å². The number of hydrogen-bond donors (Lipinski definition) is 1. The van der Waals surface area contributed by atoms with Gasteiger partial charge >= 0.3 is 0 Å². The summed E-state index contributed by atoms with van der Waals surface area (Å²) in [6.45, 7) is 0. The van der Waals surface area contributed by atoms with Gasteiger partial charge in [-0.25, -0.2) is 0 Å². The van der Waals surface area contributed by atoms with E-state index in [4.69, 9.17) is 13.9 Å². The summed E-state index contributed by atoms with van der Waals surface area (Å²) in [5.41, 5.74) is 0.700. The van der Waals surface area contributed by atoms with Gasteiger partial charge in [-0.3, -0.25) is 9.59 Å². The number of ether oxygens (including phenoxy) is 2. The molecule has 4 rings (SSSR count). The number of carbonyl (C=O) groups excluding carboxylic acids is 2. The molecule has 152 valence electrons. The van der Waals surface area contributed by atoms with Crippen molar-refractivity contribution in [3.8, 4) is 11.5 Å². The van der Waals surface area contributed by atoms with Gasteiger partial charge in [0, 0.05) is 6.04 Å². The summed E-state index contributed by atoms with van der Waals surface area (Å²) in [7, 11) is 3.07. The summed E-state index contributed by atoms with van der Waals surface area (Å²) in [4.78, 5) is 27.8. The molecule has 1 aromatic carbocycles. The van der Waals surface area contributed by atoms with Crippen molar-refractivity contribution >= 4 is 11.7 Å². The second-order valence-corrected chi connectivity index (χ2v) is 7.24. The van der Waals surface area contributed by atoms with Crippen molar-refractivity contribution in [3.05, 3.63) is 59.3 Å². The molecule has 0 spiro atoms. The number of rotatable bonds is 6. The van der Waals surface area contributed by atoms with Crippen molar-refractivity contribution in [1.82, 2.24) is 4.90 Å². The van der Waals surface area contributed by atoms with Crippen LogP contribution in [-0.2, 0) is 4.79 Å². The number of Topliss-reactive ketones (excluding diaryl/α,β-unsaturated/α-hetero) is 1. The van der Waals surface area contributed by atoms with Gasteiger partial charge in [0.1, 0.15) is 0 Å². The number of aliphatic hydroxyl groups is 1. The summed E-state index contributed by atoms with van der Waals surface area (Å²) in [5.74, 6) is -0.427. The molecule has 1 saturated carbocycles. The molecule has 0 saturated heterocycles. The topological polar surface area (TPSA) is 89.2 Å². The zero-order valence-corrected chi connectivity index (χ0v) is 16.4. The fourth-order valence-corrected chi connectivity index (χ4v) is 4.30. The minimum atomic E-state index is -0.719. The monoisotopic (exact) mass is 397 g/mol. The molecule has 0 radical (unpaired) electrons. The maximum atomic E-state index is 13.1. The van der Waals surface area contributed by atoms with Crippen LogP contribution in [0.15, 0.2) is 52.3 Å². The van der Waals surface area contributed by atoms with E-state index in [1.54, 1.807) is 36.3 Å². The van der Waals surface area contributed by atoms with E-state index in [-0.39, 0.29) is 17.4 Å². The highest BCUT2D eigenvalue weighted by atomic mass is 16.5. The molecule has 2 aromatic rings. The third-order valence-corrected chi connectivity index (χ3v) is 5.67.